The van der Waals surface area contributed by atoms with Gasteiger partial charge in [-0.15, -0.1) is 0 Å². The van der Waals surface area contributed by atoms with Gasteiger partial charge in [-0.05, 0) is 38.5 Å². The molecule has 232 valence electrons. The predicted octanol–water partition coefficient (Wildman–Crippen LogP) is 5.29. The number of likely N-dealkylation sites (N-methyl/N-ethyl adjacent to an activating group) is 1. The Morgan fingerprint density at radius 1 is 0.750 bits per heavy atom. The normalized spacial score (nSPS) is 13.5. The average molecular weight is 568 g/mol. The average Bonchev–Trinajstić information content (AvgIpc) is 2.88. The molecular weight excluding hydrogens is 510 g/mol. The Morgan fingerprint density at radius 3 is 2.02 bits per heavy atom. The lowest BCUT2D eigenvalue weighted by Gasteiger charge is -2.34. The Balaban J connectivity index is 4.40. The Bertz CT molecular complexity index is 727. The zero-order valence-corrected chi connectivity index (χ0v) is 26.0. The van der Waals surface area contributed by atoms with E-state index in [4.69, 9.17) is 14.2 Å². The van der Waals surface area contributed by atoms with Crippen molar-refractivity contribution in [2.45, 2.75) is 122 Å². The fraction of sp³-hybridized carbons (Fsp3) is 0.781. The van der Waals surface area contributed by atoms with E-state index in [1.165, 1.54) is 6.42 Å². The molecule has 0 aromatic rings. The van der Waals surface area contributed by atoms with Crippen LogP contribution in [0.1, 0.15) is 110 Å². The van der Waals surface area contributed by atoms with Gasteiger partial charge in [-0.25, -0.2) is 0 Å². The van der Waals surface area contributed by atoms with Crippen molar-refractivity contribution in [2.24, 2.45) is 0 Å². The molecule has 0 aliphatic carbocycles. The van der Waals surface area contributed by atoms with Gasteiger partial charge in [-0.2, -0.15) is 0 Å². The molecule has 0 bridgehead atoms. The van der Waals surface area contributed by atoms with Crippen molar-refractivity contribution in [2.75, 3.05) is 41.0 Å². The number of carbonyl (C=O) groups excluding carboxylic acids is 3. The lowest BCUT2D eigenvalue weighted by molar-refractivity contribution is -0.889. The standard InChI is InChI=1S/C32H57NO7/c1-6-8-10-11-12-13-14-15-16-17-18-19-21-23-31(35)40-28(27-39-30(34)22-20-9-7-2)26-38-25-24-29(32(36)37)33(3,4)5/h10-11,13-14,28-29H,6-9,12,15-27H2,1-5H3/b11-10-,14-13-. The number of carboxylic acids is 1. The lowest BCUT2D eigenvalue weighted by Crippen LogP contribution is -2.55. The summed E-state index contributed by atoms with van der Waals surface area (Å²) in [7, 11) is 5.36. The second-order valence-corrected chi connectivity index (χ2v) is 11.3. The zero-order valence-electron chi connectivity index (χ0n) is 26.0. The molecule has 0 saturated carbocycles. The number of carboxylic acid groups (broad SMARTS) is 1. The first-order valence-electron chi connectivity index (χ1n) is 15.4. The number of unbranched alkanes of at least 4 members (excludes halogenated alkanes) is 8. The number of carbonyl (C=O) groups is 3. The summed E-state index contributed by atoms with van der Waals surface area (Å²) in [5.74, 6) is -1.79. The summed E-state index contributed by atoms with van der Waals surface area (Å²) in [6.45, 7) is 4.37. The number of nitrogens with zero attached hydrogens (tertiary/aromatic N) is 1. The minimum absolute atomic E-state index is 0.0345. The van der Waals surface area contributed by atoms with E-state index in [2.05, 4.69) is 38.2 Å². The first kappa shape index (κ1) is 37.8. The zero-order chi connectivity index (χ0) is 30.1. The summed E-state index contributed by atoms with van der Waals surface area (Å²) in [6, 6.07) is -0.721. The molecule has 0 saturated heterocycles. The SMILES string of the molecule is CCC/C=C\C/C=C\CCCCCCCC(=O)OC(COCCC(C(=O)[O-])[N+](C)(C)C)COC(=O)CCCCC. The van der Waals surface area contributed by atoms with Crippen LogP contribution in [-0.4, -0.2) is 75.5 Å². The fourth-order valence-corrected chi connectivity index (χ4v) is 4.10. The molecule has 0 rings (SSSR count). The minimum Gasteiger partial charge on any atom is -0.544 e. The van der Waals surface area contributed by atoms with Crippen molar-refractivity contribution in [3.05, 3.63) is 24.3 Å². The molecule has 0 heterocycles. The maximum atomic E-state index is 12.5. The third kappa shape index (κ3) is 22.6. The summed E-state index contributed by atoms with van der Waals surface area (Å²) in [5.41, 5.74) is 0. The molecule has 2 unspecified atom stereocenters. The summed E-state index contributed by atoms with van der Waals surface area (Å²) in [5, 5.41) is 11.5. The highest BCUT2D eigenvalue weighted by molar-refractivity contribution is 5.70. The lowest BCUT2D eigenvalue weighted by atomic mass is 10.1. The van der Waals surface area contributed by atoms with Gasteiger partial charge in [-0.3, -0.25) is 9.59 Å². The van der Waals surface area contributed by atoms with Crippen LogP contribution in [0.25, 0.3) is 0 Å². The first-order valence-corrected chi connectivity index (χ1v) is 15.4. The third-order valence-corrected chi connectivity index (χ3v) is 6.57. The molecule has 2 atom stereocenters. The molecule has 0 aromatic carbocycles. The summed E-state index contributed by atoms with van der Waals surface area (Å²) >= 11 is 0. The Kier molecular flexibility index (Phi) is 23.2. The number of allylic oxidation sites excluding steroid dienone is 4. The van der Waals surface area contributed by atoms with Crippen LogP contribution < -0.4 is 5.11 Å². The van der Waals surface area contributed by atoms with Crippen LogP contribution in [-0.2, 0) is 28.6 Å². The summed E-state index contributed by atoms with van der Waals surface area (Å²) < 4.78 is 16.8. The molecule has 0 N–H and O–H groups in total. The van der Waals surface area contributed by atoms with Crippen molar-refractivity contribution >= 4 is 17.9 Å². The van der Waals surface area contributed by atoms with Gasteiger partial charge in [0.25, 0.3) is 0 Å². The van der Waals surface area contributed by atoms with Crippen molar-refractivity contribution in [3.63, 3.8) is 0 Å². The topological polar surface area (TPSA) is 102 Å². The van der Waals surface area contributed by atoms with E-state index in [1.807, 2.05) is 0 Å². The van der Waals surface area contributed by atoms with E-state index in [0.717, 1.165) is 70.6 Å². The second-order valence-electron chi connectivity index (χ2n) is 11.3. The molecule has 0 amide bonds. The highest BCUT2D eigenvalue weighted by Crippen LogP contribution is 2.11. The number of rotatable bonds is 26. The van der Waals surface area contributed by atoms with E-state index in [1.54, 1.807) is 21.1 Å². The molecule has 0 radical (unpaired) electrons. The minimum atomic E-state index is -1.13. The highest BCUT2D eigenvalue weighted by Gasteiger charge is 2.25. The van der Waals surface area contributed by atoms with Crippen molar-refractivity contribution in [1.82, 2.24) is 0 Å². The van der Waals surface area contributed by atoms with Crippen LogP contribution in [0.15, 0.2) is 24.3 Å². The molecule has 8 heteroatoms. The molecule has 40 heavy (non-hydrogen) atoms. The number of ether oxygens (including phenoxy) is 3. The van der Waals surface area contributed by atoms with Gasteiger partial charge in [0.15, 0.2) is 6.10 Å². The van der Waals surface area contributed by atoms with Gasteiger partial charge < -0.3 is 28.6 Å². The highest BCUT2D eigenvalue weighted by atomic mass is 16.6. The van der Waals surface area contributed by atoms with Crippen LogP contribution in [0.5, 0.6) is 0 Å². The Morgan fingerprint density at radius 2 is 1.38 bits per heavy atom. The van der Waals surface area contributed by atoms with E-state index < -0.39 is 18.1 Å². The largest absolute Gasteiger partial charge is 0.544 e. The van der Waals surface area contributed by atoms with Crippen LogP contribution in [0.3, 0.4) is 0 Å². The molecule has 0 fully saturated rings. The van der Waals surface area contributed by atoms with Gasteiger partial charge in [0.2, 0.25) is 0 Å². The first-order chi connectivity index (χ1) is 19.1. The number of quaternary nitrogens is 1. The van der Waals surface area contributed by atoms with E-state index in [0.29, 0.717) is 12.8 Å². The molecule has 8 nitrogen and oxygen atoms in total. The maximum absolute atomic E-state index is 12.5. The Hall–Kier alpha value is -2.19. The number of aliphatic carboxylic acids is 1. The second kappa shape index (κ2) is 24.6. The quantitative estimate of drug-likeness (QED) is 0.0606. The Labute approximate surface area is 243 Å². The number of esters is 2. The fourth-order valence-electron chi connectivity index (χ4n) is 4.10. The maximum Gasteiger partial charge on any atom is 0.306 e. The van der Waals surface area contributed by atoms with Crippen LogP contribution in [0.2, 0.25) is 0 Å². The van der Waals surface area contributed by atoms with Crippen LogP contribution in [0.4, 0.5) is 0 Å². The van der Waals surface area contributed by atoms with Gasteiger partial charge in [-0.1, -0.05) is 76.7 Å². The summed E-state index contributed by atoms with van der Waals surface area (Å²) in [4.78, 5) is 35.9. The molecule has 0 aliphatic heterocycles. The smallest absolute Gasteiger partial charge is 0.306 e. The van der Waals surface area contributed by atoms with Crippen molar-refractivity contribution < 1.29 is 38.2 Å². The van der Waals surface area contributed by atoms with Gasteiger partial charge in [0.1, 0.15) is 12.6 Å². The molecule has 0 aromatic heterocycles. The predicted molar refractivity (Wildman–Crippen MR) is 157 cm³/mol. The van der Waals surface area contributed by atoms with Gasteiger partial charge >= 0.3 is 11.9 Å². The molecule has 0 aliphatic rings. The monoisotopic (exact) mass is 567 g/mol. The van der Waals surface area contributed by atoms with Gasteiger partial charge in [0, 0.05) is 19.3 Å². The van der Waals surface area contributed by atoms with Crippen LogP contribution in [0, 0.1) is 0 Å². The van der Waals surface area contributed by atoms with E-state index in [-0.39, 0.29) is 42.7 Å². The van der Waals surface area contributed by atoms with Crippen LogP contribution >= 0.6 is 0 Å². The number of hydrogen-bond acceptors (Lipinski definition) is 7. The van der Waals surface area contributed by atoms with E-state index in [9.17, 15) is 19.5 Å². The molecule has 0 spiro atoms. The van der Waals surface area contributed by atoms with Gasteiger partial charge in [0.05, 0.1) is 40.3 Å². The third-order valence-electron chi connectivity index (χ3n) is 6.57. The van der Waals surface area contributed by atoms with Crippen molar-refractivity contribution in [3.8, 4) is 0 Å². The number of hydrogen-bond donors (Lipinski definition) is 0. The molecular formula is C32H57NO7. The van der Waals surface area contributed by atoms with Crippen molar-refractivity contribution in [1.29, 1.82) is 0 Å². The summed E-state index contributed by atoms with van der Waals surface area (Å²) in [6.07, 6.45) is 21.3. The van der Waals surface area contributed by atoms with E-state index >= 15 is 0 Å².